The van der Waals surface area contributed by atoms with E-state index in [-0.39, 0.29) is 12.5 Å². The molecule has 0 atom stereocenters. The molecule has 0 radical (unpaired) electrons. The van der Waals surface area contributed by atoms with Gasteiger partial charge >= 0.3 is 0 Å². The first kappa shape index (κ1) is 16.3. The van der Waals surface area contributed by atoms with Gasteiger partial charge in [-0.3, -0.25) is 4.79 Å². The number of methoxy groups -OCH3 is 1. The average Bonchev–Trinajstić information content (AvgIpc) is 2.44. The van der Waals surface area contributed by atoms with E-state index in [2.05, 4.69) is 24.5 Å². The summed E-state index contributed by atoms with van der Waals surface area (Å²) in [5, 5.41) is 5.82. The highest BCUT2D eigenvalue weighted by molar-refractivity contribution is 5.80. The Labute approximate surface area is 120 Å². The number of hydrogen-bond donors (Lipinski definition) is 2. The lowest BCUT2D eigenvalue weighted by Crippen LogP contribution is -2.32. The van der Waals surface area contributed by atoms with Crippen LogP contribution >= 0.6 is 0 Å². The Morgan fingerprint density at radius 3 is 2.85 bits per heavy atom. The molecule has 1 amide bonds. The second kappa shape index (κ2) is 9.20. The van der Waals surface area contributed by atoms with Crippen molar-refractivity contribution in [3.05, 3.63) is 24.3 Å². The number of ether oxygens (including phenoxy) is 2. The highest BCUT2D eigenvalue weighted by Crippen LogP contribution is 2.17. The number of carbonyl (C=O) groups excluding carboxylic acids is 1. The van der Waals surface area contributed by atoms with E-state index in [4.69, 9.17) is 9.47 Å². The number of rotatable bonds is 9. The summed E-state index contributed by atoms with van der Waals surface area (Å²) in [5.41, 5.74) is 0.869. The zero-order chi connectivity index (χ0) is 14.8. The molecule has 5 heteroatoms. The second-order valence-corrected chi connectivity index (χ2v) is 4.93. The Kier molecular flexibility index (Phi) is 7.50. The van der Waals surface area contributed by atoms with Crippen molar-refractivity contribution < 1.29 is 14.3 Å². The Morgan fingerprint density at radius 2 is 2.15 bits per heavy atom. The lowest BCUT2D eigenvalue weighted by atomic mass is 10.2. The van der Waals surface area contributed by atoms with Crippen molar-refractivity contribution in [3.8, 4) is 5.75 Å². The summed E-state index contributed by atoms with van der Waals surface area (Å²) in [6, 6.07) is 7.61. The molecule has 0 aliphatic heterocycles. The summed E-state index contributed by atoms with van der Waals surface area (Å²) < 4.78 is 10.5. The standard InChI is InChI=1S/C15H24N2O3/c1-12(2)11-20-14-6-4-5-13(9-14)17-10-15(18)16-7-8-19-3/h4-6,9,12,17H,7-8,10-11H2,1-3H3,(H,16,18). The third kappa shape index (κ3) is 6.99. The summed E-state index contributed by atoms with van der Waals surface area (Å²) in [4.78, 5) is 11.5. The Balaban J connectivity index is 2.36. The summed E-state index contributed by atoms with van der Waals surface area (Å²) >= 11 is 0. The quantitative estimate of drug-likeness (QED) is 0.678. The number of amides is 1. The second-order valence-electron chi connectivity index (χ2n) is 4.93. The topological polar surface area (TPSA) is 59.6 Å². The van der Waals surface area contributed by atoms with E-state index in [0.29, 0.717) is 25.7 Å². The first-order valence-electron chi connectivity index (χ1n) is 6.84. The minimum atomic E-state index is -0.0597. The summed E-state index contributed by atoms with van der Waals surface area (Å²) in [7, 11) is 1.60. The molecule has 1 aromatic carbocycles. The van der Waals surface area contributed by atoms with Crippen LogP contribution in [0.25, 0.3) is 0 Å². The maximum atomic E-state index is 11.5. The van der Waals surface area contributed by atoms with E-state index in [1.165, 1.54) is 0 Å². The molecule has 1 aromatic rings. The van der Waals surface area contributed by atoms with Crippen LogP contribution in [0.4, 0.5) is 5.69 Å². The molecular weight excluding hydrogens is 256 g/mol. The first-order chi connectivity index (χ1) is 9.61. The molecule has 0 unspecified atom stereocenters. The van der Waals surface area contributed by atoms with Gasteiger partial charge in [-0.15, -0.1) is 0 Å². The van der Waals surface area contributed by atoms with Crippen LogP contribution in [0.5, 0.6) is 5.75 Å². The molecule has 0 fully saturated rings. The van der Waals surface area contributed by atoms with Crippen LogP contribution in [0, 0.1) is 5.92 Å². The van der Waals surface area contributed by atoms with E-state index >= 15 is 0 Å². The maximum absolute atomic E-state index is 11.5. The summed E-state index contributed by atoms with van der Waals surface area (Å²) in [5.74, 6) is 1.23. The lowest BCUT2D eigenvalue weighted by Gasteiger charge is -2.11. The van der Waals surface area contributed by atoms with Crippen molar-refractivity contribution >= 4 is 11.6 Å². The normalized spacial score (nSPS) is 10.4. The molecular formula is C15H24N2O3. The van der Waals surface area contributed by atoms with Crippen LogP contribution in [0.15, 0.2) is 24.3 Å². The first-order valence-corrected chi connectivity index (χ1v) is 6.84. The Hall–Kier alpha value is -1.75. The van der Waals surface area contributed by atoms with Gasteiger partial charge in [0.25, 0.3) is 0 Å². The number of nitrogens with one attached hydrogen (secondary N) is 2. The van der Waals surface area contributed by atoms with E-state index in [1.54, 1.807) is 7.11 Å². The Morgan fingerprint density at radius 1 is 1.35 bits per heavy atom. The average molecular weight is 280 g/mol. The molecule has 0 aliphatic carbocycles. The van der Waals surface area contributed by atoms with Crippen LogP contribution in [-0.4, -0.2) is 39.3 Å². The van der Waals surface area contributed by atoms with Crippen LogP contribution < -0.4 is 15.4 Å². The van der Waals surface area contributed by atoms with E-state index in [0.717, 1.165) is 11.4 Å². The van der Waals surface area contributed by atoms with Gasteiger partial charge in [0, 0.05) is 25.4 Å². The Bertz CT molecular complexity index is 408. The zero-order valence-corrected chi connectivity index (χ0v) is 12.4. The van der Waals surface area contributed by atoms with Gasteiger partial charge in [0.2, 0.25) is 5.91 Å². The van der Waals surface area contributed by atoms with Crippen LogP contribution in [-0.2, 0) is 9.53 Å². The summed E-state index contributed by atoms with van der Waals surface area (Å²) in [6.07, 6.45) is 0. The van der Waals surface area contributed by atoms with Crippen molar-refractivity contribution in [1.82, 2.24) is 5.32 Å². The van der Waals surface area contributed by atoms with Crippen LogP contribution in [0.2, 0.25) is 0 Å². The van der Waals surface area contributed by atoms with Crippen LogP contribution in [0.1, 0.15) is 13.8 Å². The number of anilines is 1. The minimum absolute atomic E-state index is 0.0597. The van der Waals surface area contributed by atoms with E-state index in [1.807, 2.05) is 24.3 Å². The van der Waals surface area contributed by atoms with Crippen molar-refractivity contribution in [2.75, 3.05) is 38.7 Å². The third-order valence-corrected chi connectivity index (χ3v) is 2.50. The molecule has 0 saturated carbocycles. The van der Waals surface area contributed by atoms with Gasteiger partial charge in [-0.2, -0.15) is 0 Å². The SMILES string of the molecule is COCCNC(=O)CNc1cccc(OCC(C)C)c1. The highest BCUT2D eigenvalue weighted by Gasteiger charge is 2.02. The monoisotopic (exact) mass is 280 g/mol. The molecule has 20 heavy (non-hydrogen) atoms. The largest absolute Gasteiger partial charge is 0.493 e. The number of carbonyl (C=O) groups is 1. The molecule has 0 aromatic heterocycles. The smallest absolute Gasteiger partial charge is 0.239 e. The van der Waals surface area contributed by atoms with Crippen molar-refractivity contribution in [1.29, 1.82) is 0 Å². The predicted octanol–water partition coefficient (Wildman–Crippen LogP) is 1.90. The fourth-order valence-electron chi connectivity index (χ4n) is 1.50. The van der Waals surface area contributed by atoms with Crippen LogP contribution in [0.3, 0.4) is 0 Å². The summed E-state index contributed by atoms with van der Waals surface area (Å²) in [6.45, 7) is 6.16. The van der Waals surface area contributed by atoms with Gasteiger partial charge in [-0.1, -0.05) is 19.9 Å². The molecule has 112 valence electrons. The van der Waals surface area contributed by atoms with Gasteiger partial charge in [0.1, 0.15) is 5.75 Å². The molecule has 0 heterocycles. The van der Waals surface area contributed by atoms with Crippen molar-refractivity contribution in [2.24, 2.45) is 5.92 Å². The fourth-order valence-corrected chi connectivity index (χ4v) is 1.50. The van der Waals surface area contributed by atoms with Gasteiger partial charge in [-0.05, 0) is 18.1 Å². The third-order valence-electron chi connectivity index (χ3n) is 2.50. The lowest BCUT2D eigenvalue weighted by molar-refractivity contribution is -0.119. The van der Waals surface area contributed by atoms with Crippen molar-refractivity contribution in [2.45, 2.75) is 13.8 Å². The molecule has 0 saturated heterocycles. The highest BCUT2D eigenvalue weighted by atomic mass is 16.5. The fraction of sp³-hybridized carbons (Fsp3) is 0.533. The van der Waals surface area contributed by atoms with Crippen molar-refractivity contribution in [3.63, 3.8) is 0 Å². The number of hydrogen-bond acceptors (Lipinski definition) is 4. The van der Waals surface area contributed by atoms with Gasteiger partial charge in [-0.25, -0.2) is 0 Å². The molecule has 2 N–H and O–H groups in total. The van der Waals surface area contributed by atoms with E-state index in [9.17, 15) is 4.79 Å². The molecule has 0 aliphatic rings. The van der Waals surface area contributed by atoms with Gasteiger partial charge in [0.15, 0.2) is 0 Å². The minimum Gasteiger partial charge on any atom is -0.493 e. The van der Waals surface area contributed by atoms with Gasteiger partial charge in [0.05, 0.1) is 19.8 Å². The van der Waals surface area contributed by atoms with E-state index < -0.39 is 0 Å². The maximum Gasteiger partial charge on any atom is 0.239 e. The van der Waals surface area contributed by atoms with Gasteiger partial charge < -0.3 is 20.1 Å². The molecule has 0 bridgehead atoms. The molecule has 5 nitrogen and oxygen atoms in total. The number of benzene rings is 1. The molecule has 1 rings (SSSR count). The zero-order valence-electron chi connectivity index (χ0n) is 12.4. The molecule has 0 spiro atoms. The predicted molar refractivity (Wildman–Crippen MR) is 80.2 cm³/mol.